The highest BCUT2D eigenvalue weighted by atomic mass is 16.5. The lowest BCUT2D eigenvalue weighted by Crippen LogP contribution is -2.24. The minimum Gasteiger partial charge on any atom is -0.466 e. The molecule has 2 atom stereocenters. The Bertz CT molecular complexity index is 502. The highest BCUT2D eigenvalue weighted by Crippen LogP contribution is 2.40. The van der Waals surface area contributed by atoms with Crippen molar-refractivity contribution >= 4 is 11.8 Å². The summed E-state index contributed by atoms with van der Waals surface area (Å²) in [5, 5.41) is 4.69. The van der Waals surface area contributed by atoms with E-state index in [1.54, 1.807) is 0 Å². The van der Waals surface area contributed by atoms with Gasteiger partial charge in [-0.3, -0.25) is 4.79 Å². The number of anilines is 1. The second-order valence-electron chi connectivity index (χ2n) is 6.96. The number of esters is 1. The van der Waals surface area contributed by atoms with Gasteiger partial charge in [-0.25, -0.2) is 4.68 Å². The van der Waals surface area contributed by atoms with Gasteiger partial charge in [0.25, 0.3) is 0 Å². The molecule has 1 aliphatic carbocycles. The predicted octanol–water partition coefficient (Wildman–Crippen LogP) is 3.06. The molecule has 0 aromatic carbocycles. The lowest BCUT2D eigenvalue weighted by Gasteiger charge is -2.20. The van der Waals surface area contributed by atoms with Crippen LogP contribution in [0.3, 0.4) is 0 Å². The Kier molecular flexibility index (Phi) is 4.59. The number of nitrogens with zero attached hydrogens (tertiary/aromatic N) is 2. The van der Waals surface area contributed by atoms with Crippen LogP contribution in [0.25, 0.3) is 0 Å². The van der Waals surface area contributed by atoms with Crippen molar-refractivity contribution in [1.29, 1.82) is 0 Å². The first-order valence-electron chi connectivity index (χ1n) is 7.82. The average molecular weight is 293 g/mol. The molecule has 0 bridgehead atoms. The van der Waals surface area contributed by atoms with Gasteiger partial charge in [0.2, 0.25) is 0 Å². The Hall–Kier alpha value is -1.52. The highest BCUT2D eigenvalue weighted by Gasteiger charge is 2.30. The van der Waals surface area contributed by atoms with Crippen LogP contribution in [0.5, 0.6) is 0 Å². The van der Waals surface area contributed by atoms with E-state index in [4.69, 9.17) is 10.5 Å². The monoisotopic (exact) mass is 293 g/mol. The first-order chi connectivity index (χ1) is 9.81. The molecule has 21 heavy (non-hydrogen) atoms. The third kappa shape index (κ3) is 3.77. The van der Waals surface area contributed by atoms with Crippen LogP contribution < -0.4 is 5.73 Å². The predicted molar refractivity (Wildman–Crippen MR) is 83.0 cm³/mol. The molecule has 5 nitrogen and oxygen atoms in total. The molecule has 0 aliphatic heterocycles. The smallest absolute Gasteiger partial charge is 0.306 e. The molecular formula is C16H27N3O2. The summed E-state index contributed by atoms with van der Waals surface area (Å²) in [5.74, 6) is 1.46. The van der Waals surface area contributed by atoms with Gasteiger partial charge < -0.3 is 10.5 Å². The molecule has 2 rings (SSSR count). The van der Waals surface area contributed by atoms with Gasteiger partial charge in [0.1, 0.15) is 5.82 Å². The molecule has 1 fully saturated rings. The number of carbonyl (C=O) groups is 1. The van der Waals surface area contributed by atoms with Crippen molar-refractivity contribution in [2.75, 3.05) is 12.3 Å². The zero-order valence-corrected chi connectivity index (χ0v) is 13.6. The molecule has 2 N–H and O–H groups in total. The van der Waals surface area contributed by atoms with Gasteiger partial charge in [0, 0.05) is 18.4 Å². The largest absolute Gasteiger partial charge is 0.466 e. The fourth-order valence-corrected chi connectivity index (χ4v) is 3.14. The third-order valence-corrected chi connectivity index (χ3v) is 4.11. The average Bonchev–Trinajstić information content (AvgIpc) is 2.95. The van der Waals surface area contributed by atoms with Crippen molar-refractivity contribution in [1.82, 2.24) is 9.78 Å². The van der Waals surface area contributed by atoms with Crippen LogP contribution in [0.15, 0.2) is 6.07 Å². The Morgan fingerprint density at radius 3 is 2.76 bits per heavy atom. The standard InChI is InChI=1S/C16H27N3O2/c1-5-21-15(20)9-11-6-7-12(8-11)13-10-14(17)19(18-13)16(2,3)4/h10-12H,5-9,17H2,1-4H3. The quantitative estimate of drug-likeness (QED) is 0.866. The van der Waals surface area contributed by atoms with Gasteiger partial charge in [0.15, 0.2) is 0 Å². The molecule has 0 amide bonds. The topological polar surface area (TPSA) is 70.1 Å². The van der Waals surface area contributed by atoms with Gasteiger partial charge in [0.05, 0.1) is 17.8 Å². The number of hydrogen-bond donors (Lipinski definition) is 1. The molecule has 1 aromatic heterocycles. The van der Waals surface area contributed by atoms with E-state index in [2.05, 4.69) is 25.9 Å². The lowest BCUT2D eigenvalue weighted by atomic mass is 10.00. The van der Waals surface area contributed by atoms with Crippen LogP contribution in [-0.4, -0.2) is 22.4 Å². The number of hydrogen-bond acceptors (Lipinski definition) is 4. The van der Waals surface area contributed by atoms with Gasteiger partial charge >= 0.3 is 5.97 Å². The number of aromatic nitrogens is 2. The molecular weight excluding hydrogens is 266 g/mol. The van der Waals surface area contributed by atoms with Crippen molar-refractivity contribution in [3.63, 3.8) is 0 Å². The van der Waals surface area contributed by atoms with Crippen LogP contribution in [0.2, 0.25) is 0 Å². The van der Waals surface area contributed by atoms with E-state index in [0.29, 0.717) is 30.7 Å². The number of nitrogen functional groups attached to an aromatic ring is 1. The first kappa shape index (κ1) is 15.9. The highest BCUT2D eigenvalue weighted by molar-refractivity contribution is 5.69. The molecule has 1 aliphatic rings. The minimum absolute atomic E-state index is 0.0807. The molecule has 118 valence electrons. The van der Waals surface area contributed by atoms with Gasteiger partial charge in [-0.1, -0.05) is 0 Å². The molecule has 1 saturated carbocycles. The maximum atomic E-state index is 11.6. The third-order valence-electron chi connectivity index (χ3n) is 4.11. The van der Waals surface area contributed by atoms with Crippen LogP contribution in [0.4, 0.5) is 5.82 Å². The molecule has 1 aromatic rings. The molecule has 1 heterocycles. The molecule has 0 spiro atoms. The van der Waals surface area contributed by atoms with Gasteiger partial charge in [-0.05, 0) is 52.9 Å². The van der Waals surface area contributed by atoms with Crippen molar-refractivity contribution in [3.05, 3.63) is 11.8 Å². The maximum absolute atomic E-state index is 11.6. The summed E-state index contributed by atoms with van der Waals surface area (Å²) in [5.41, 5.74) is 7.03. The van der Waals surface area contributed by atoms with E-state index in [-0.39, 0.29) is 11.5 Å². The van der Waals surface area contributed by atoms with Crippen LogP contribution in [0.1, 0.15) is 65.0 Å². The summed E-state index contributed by atoms with van der Waals surface area (Å²) in [7, 11) is 0. The Balaban J connectivity index is 2.00. The molecule has 0 radical (unpaired) electrons. The second kappa shape index (κ2) is 6.08. The van der Waals surface area contributed by atoms with Crippen molar-refractivity contribution in [3.8, 4) is 0 Å². The zero-order chi connectivity index (χ0) is 15.6. The molecule has 5 heteroatoms. The Morgan fingerprint density at radius 2 is 2.19 bits per heavy atom. The van der Waals surface area contributed by atoms with Crippen LogP contribution >= 0.6 is 0 Å². The van der Waals surface area contributed by atoms with Crippen molar-refractivity contribution < 1.29 is 9.53 Å². The van der Waals surface area contributed by atoms with Crippen LogP contribution in [0, 0.1) is 5.92 Å². The Morgan fingerprint density at radius 1 is 1.48 bits per heavy atom. The zero-order valence-electron chi connectivity index (χ0n) is 13.6. The summed E-state index contributed by atoms with van der Waals surface area (Å²) >= 11 is 0. The number of carbonyl (C=O) groups excluding carboxylic acids is 1. The first-order valence-corrected chi connectivity index (χ1v) is 7.82. The SMILES string of the molecule is CCOC(=O)CC1CCC(c2cc(N)n(C(C)(C)C)n2)C1. The summed E-state index contributed by atoms with van der Waals surface area (Å²) < 4.78 is 6.92. The van der Waals surface area contributed by atoms with E-state index in [9.17, 15) is 4.79 Å². The van der Waals surface area contributed by atoms with E-state index in [0.717, 1.165) is 25.0 Å². The van der Waals surface area contributed by atoms with Crippen LogP contribution in [-0.2, 0) is 15.1 Å². The molecule has 0 saturated heterocycles. The van der Waals surface area contributed by atoms with E-state index >= 15 is 0 Å². The Labute approximate surface area is 126 Å². The number of rotatable bonds is 4. The fourth-order valence-electron chi connectivity index (χ4n) is 3.14. The summed E-state index contributed by atoms with van der Waals surface area (Å²) in [6.07, 6.45) is 3.66. The normalized spacial score (nSPS) is 22.5. The fraction of sp³-hybridized carbons (Fsp3) is 0.750. The van der Waals surface area contributed by atoms with Gasteiger partial charge in [-0.15, -0.1) is 0 Å². The minimum atomic E-state index is -0.106. The lowest BCUT2D eigenvalue weighted by molar-refractivity contribution is -0.144. The summed E-state index contributed by atoms with van der Waals surface area (Å²) in [6.45, 7) is 8.59. The summed E-state index contributed by atoms with van der Waals surface area (Å²) in [6, 6.07) is 1.99. The summed E-state index contributed by atoms with van der Waals surface area (Å²) in [4.78, 5) is 11.6. The maximum Gasteiger partial charge on any atom is 0.306 e. The number of nitrogens with two attached hydrogens (primary N) is 1. The van der Waals surface area contributed by atoms with Crippen molar-refractivity contribution in [2.45, 2.75) is 64.8 Å². The van der Waals surface area contributed by atoms with Gasteiger partial charge in [-0.2, -0.15) is 5.10 Å². The van der Waals surface area contributed by atoms with E-state index < -0.39 is 0 Å². The number of ether oxygens (including phenoxy) is 1. The van der Waals surface area contributed by atoms with Crippen molar-refractivity contribution in [2.24, 2.45) is 5.92 Å². The second-order valence-corrected chi connectivity index (χ2v) is 6.96. The molecule has 2 unspecified atom stereocenters. The van der Waals surface area contributed by atoms with E-state index in [1.807, 2.05) is 17.7 Å². The van der Waals surface area contributed by atoms with E-state index in [1.165, 1.54) is 0 Å².